The van der Waals surface area contributed by atoms with Gasteiger partial charge in [0.1, 0.15) is 5.69 Å². The van der Waals surface area contributed by atoms with Crippen LogP contribution in [0.2, 0.25) is 0 Å². The van der Waals surface area contributed by atoms with Gasteiger partial charge in [0, 0.05) is 18.1 Å². The highest BCUT2D eigenvalue weighted by Gasteiger charge is 2.12. The molecule has 3 rings (SSSR count). The number of aromatic nitrogens is 1. The van der Waals surface area contributed by atoms with E-state index >= 15 is 0 Å². The van der Waals surface area contributed by atoms with Gasteiger partial charge >= 0.3 is 7.12 Å². The quantitative estimate of drug-likeness (QED) is 0.624. The zero-order valence-corrected chi connectivity index (χ0v) is 12.3. The Morgan fingerprint density at radius 3 is 2.52 bits per heavy atom. The van der Waals surface area contributed by atoms with Crippen LogP contribution in [-0.4, -0.2) is 28.1 Å². The number of rotatable bonds is 4. The van der Waals surface area contributed by atoms with Gasteiger partial charge in [0.15, 0.2) is 0 Å². The lowest BCUT2D eigenvalue weighted by molar-refractivity contribution is 0.0948. The SMILES string of the molecule is O=C(NCc1ccc(B(O)O)cc1)c1nccc2ccccc12. The average molecular weight is 306 g/mol. The van der Waals surface area contributed by atoms with E-state index in [1.54, 1.807) is 30.5 Å². The molecular formula is C17H15BN2O3. The number of carbonyl (C=O) groups excluding carboxylic acids is 1. The molecule has 0 spiro atoms. The van der Waals surface area contributed by atoms with Gasteiger partial charge in [-0.25, -0.2) is 0 Å². The lowest BCUT2D eigenvalue weighted by Crippen LogP contribution is -2.30. The summed E-state index contributed by atoms with van der Waals surface area (Å²) in [6, 6.07) is 16.2. The zero-order chi connectivity index (χ0) is 16.2. The van der Waals surface area contributed by atoms with Crippen LogP contribution in [-0.2, 0) is 6.54 Å². The molecule has 1 amide bonds. The minimum absolute atomic E-state index is 0.243. The molecule has 0 aliphatic carbocycles. The number of fused-ring (bicyclic) bond motifs is 1. The fourth-order valence-electron chi connectivity index (χ4n) is 2.37. The van der Waals surface area contributed by atoms with Gasteiger partial charge in [0.2, 0.25) is 0 Å². The van der Waals surface area contributed by atoms with Crippen molar-refractivity contribution in [3.63, 3.8) is 0 Å². The van der Waals surface area contributed by atoms with Crippen LogP contribution in [0.3, 0.4) is 0 Å². The maximum absolute atomic E-state index is 12.4. The third-order valence-corrected chi connectivity index (χ3v) is 3.62. The molecular weight excluding hydrogens is 291 g/mol. The van der Waals surface area contributed by atoms with Crippen molar-refractivity contribution in [3.8, 4) is 0 Å². The Morgan fingerprint density at radius 2 is 1.78 bits per heavy atom. The van der Waals surface area contributed by atoms with Crippen molar-refractivity contribution in [1.29, 1.82) is 0 Å². The summed E-state index contributed by atoms with van der Waals surface area (Å²) in [5.74, 6) is -0.243. The first-order valence-corrected chi connectivity index (χ1v) is 7.22. The minimum Gasteiger partial charge on any atom is -0.423 e. The topological polar surface area (TPSA) is 82.5 Å². The van der Waals surface area contributed by atoms with E-state index in [1.165, 1.54) is 0 Å². The summed E-state index contributed by atoms with van der Waals surface area (Å²) in [6.07, 6.45) is 1.62. The number of hydrogen-bond donors (Lipinski definition) is 3. The van der Waals surface area contributed by atoms with Crippen LogP contribution in [0.1, 0.15) is 16.1 Å². The number of nitrogens with one attached hydrogen (secondary N) is 1. The summed E-state index contributed by atoms with van der Waals surface area (Å²) in [6.45, 7) is 0.339. The predicted octanol–water partition coefficient (Wildman–Crippen LogP) is 0.845. The van der Waals surface area contributed by atoms with Gasteiger partial charge in [-0.1, -0.05) is 48.5 Å². The molecule has 6 heteroatoms. The summed E-state index contributed by atoms with van der Waals surface area (Å²) in [5, 5.41) is 22.7. The van der Waals surface area contributed by atoms with Crippen molar-refractivity contribution in [1.82, 2.24) is 10.3 Å². The average Bonchev–Trinajstić information content (AvgIpc) is 2.59. The molecule has 0 atom stereocenters. The van der Waals surface area contributed by atoms with Gasteiger partial charge in [-0.3, -0.25) is 9.78 Å². The molecule has 1 aromatic heterocycles. The number of benzene rings is 2. The highest BCUT2D eigenvalue weighted by Crippen LogP contribution is 2.16. The number of hydrogen-bond acceptors (Lipinski definition) is 4. The molecule has 3 N–H and O–H groups in total. The summed E-state index contributed by atoms with van der Waals surface area (Å²) in [7, 11) is -1.49. The van der Waals surface area contributed by atoms with Crippen molar-refractivity contribution >= 4 is 29.3 Å². The first kappa shape index (κ1) is 15.2. The van der Waals surface area contributed by atoms with Crippen molar-refractivity contribution in [2.45, 2.75) is 6.54 Å². The Kier molecular flexibility index (Phi) is 4.37. The first-order valence-electron chi connectivity index (χ1n) is 7.22. The van der Waals surface area contributed by atoms with Crippen molar-refractivity contribution < 1.29 is 14.8 Å². The Morgan fingerprint density at radius 1 is 1.04 bits per heavy atom. The second-order valence-corrected chi connectivity index (χ2v) is 5.18. The monoisotopic (exact) mass is 306 g/mol. The highest BCUT2D eigenvalue weighted by atomic mass is 16.4. The van der Waals surface area contributed by atoms with Crippen LogP contribution < -0.4 is 10.8 Å². The molecule has 5 nitrogen and oxygen atoms in total. The zero-order valence-electron chi connectivity index (χ0n) is 12.3. The van der Waals surface area contributed by atoms with Crippen molar-refractivity contribution in [2.75, 3.05) is 0 Å². The maximum atomic E-state index is 12.4. The third kappa shape index (κ3) is 3.39. The van der Waals surface area contributed by atoms with Crippen LogP contribution >= 0.6 is 0 Å². The van der Waals surface area contributed by atoms with Crippen LogP contribution in [0, 0.1) is 0 Å². The van der Waals surface area contributed by atoms with E-state index in [0.29, 0.717) is 17.7 Å². The fraction of sp³-hybridized carbons (Fsp3) is 0.0588. The standard InChI is InChI=1S/C17H15BN2O3/c21-17(16-15-4-2-1-3-13(15)9-10-19-16)20-11-12-5-7-14(8-6-12)18(22)23/h1-10,22-23H,11H2,(H,20,21). The van der Waals surface area contributed by atoms with Crippen molar-refractivity contribution in [3.05, 3.63) is 72.1 Å². The summed E-state index contributed by atoms with van der Waals surface area (Å²) in [5.41, 5.74) is 1.67. The van der Waals surface area contributed by atoms with E-state index < -0.39 is 7.12 Å². The number of amides is 1. The van der Waals surface area contributed by atoms with E-state index in [1.807, 2.05) is 30.3 Å². The number of nitrogens with zero attached hydrogens (tertiary/aromatic N) is 1. The van der Waals surface area contributed by atoms with Gasteiger partial charge in [0.25, 0.3) is 5.91 Å². The second kappa shape index (κ2) is 6.60. The molecule has 0 bridgehead atoms. The Labute approximate surface area is 133 Å². The molecule has 114 valence electrons. The molecule has 1 heterocycles. The van der Waals surface area contributed by atoms with E-state index in [0.717, 1.165) is 16.3 Å². The van der Waals surface area contributed by atoms with Gasteiger partial charge in [0.05, 0.1) is 0 Å². The van der Waals surface area contributed by atoms with E-state index in [2.05, 4.69) is 10.3 Å². The Hall–Kier alpha value is -2.70. The van der Waals surface area contributed by atoms with Gasteiger partial charge in [-0.2, -0.15) is 0 Å². The molecule has 0 fully saturated rings. The molecule has 0 unspecified atom stereocenters. The molecule has 3 aromatic rings. The first-order chi connectivity index (χ1) is 11.1. The summed E-state index contributed by atoms with van der Waals surface area (Å²) < 4.78 is 0. The lowest BCUT2D eigenvalue weighted by atomic mass is 9.80. The van der Waals surface area contributed by atoms with Crippen LogP contribution in [0.25, 0.3) is 10.8 Å². The molecule has 0 aliphatic heterocycles. The predicted molar refractivity (Wildman–Crippen MR) is 89.2 cm³/mol. The smallest absolute Gasteiger partial charge is 0.423 e. The van der Waals surface area contributed by atoms with E-state index in [9.17, 15) is 4.79 Å². The van der Waals surface area contributed by atoms with Gasteiger partial charge in [-0.05, 0) is 22.5 Å². The molecule has 2 aromatic carbocycles. The molecule has 0 radical (unpaired) electrons. The van der Waals surface area contributed by atoms with E-state index in [-0.39, 0.29) is 5.91 Å². The van der Waals surface area contributed by atoms with Crippen LogP contribution in [0.4, 0.5) is 0 Å². The van der Waals surface area contributed by atoms with Gasteiger partial charge in [-0.15, -0.1) is 0 Å². The molecule has 0 saturated heterocycles. The van der Waals surface area contributed by atoms with E-state index in [4.69, 9.17) is 10.0 Å². The van der Waals surface area contributed by atoms with Crippen molar-refractivity contribution in [2.24, 2.45) is 0 Å². The maximum Gasteiger partial charge on any atom is 0.488 e. The molecule has 0 aliphatic rings. The van der Waals surface area contributed by atoms with Gasteiger partial charge < -0.3 is 15.4 Å². The fourth-order valence-corrected chi connectivity index (χ4v) is 2.37. The minimum atomic E-state index is -1.49. The summed E-state index contributed by atoms with van der Waals surface area (Å²) in [4.78, 5) is 16.5. The molecule has 0 saturated carbocycles. The Bertz CT molecular complexity index is 829. The van der Waals surface area contributed by atoms with Crippen LogP contribution in [0.5, 0.6) is 0 Å². The summed E-state index contributed by atoms with van der Waals surface area (Å²) >= 11 is 0. The Balaban J connectivity index is 1.74. The largest absolute Gasteiger partial charge is 0.488 e. The second-order valence-electron chi connectivity index (χ2n) is 5.18. The highest BCUT2D eigenvalue weighted by molar-refractivity contribution is 6.58. The number of pyridine rings is 1. The third-order valence-electron chi connectivity index (χ3n) is 3.62. The lowest BCUT2D eigenvalue weighted by Gasteiger charge is -2.08. The number of carbonyl (C=O) groups is 1. The van der Waals surface area contributed by atoms with Crippen LogP contribution in [0.15, 0.2) is 60.8 Å². The molecule has 23 heavy (non-hydrogen) atoms. The normalized spacial score (nSPS) is 10.5.